The topological polar surface area (TPSA) is 38.8 Å². The number of nitrogens with zero attached hydrogens (tertiary/aromatic N) is 1. The molecule has 22 heavy (non-hydrogen) atoms. The van der Waals surface area contributed by atoms with Gasteiger partial charge in [0.2, 0.25) is 0 Å². The highest BCUT2D eigenvalue weighted by molar-refractivity contribution is 8.45. The first kappa shape index (κ1) is 16.8. The van der Waals surface area contributed by atoms with Gasteiger partial charge >= 0.3 is 16.2 Å². The van der Waals surface area contributed by atoms with Gasteiger partial charge in [0.15, 0.2) is 0 Å². The number of ether oxygens (including phenoxy) is 2. The van der Waals surface area contributed by atoms with Crippen LogP contribution in [0.2, 0.25) is 0 Å². The van der Waals surface area contributed by atoms with Crippen LogP contribution in [0, 0.1) is 0 Å². The fraction of sp³-hybridized carbons (Fsp3) is 0.417. The van der Waals surface area contributed by atoms with E-state index in [1.165, 1.54) is 12.0 Å². The Morgan fingerprint density at radius 1 is 1.14 bits per heavy atom. The second kappa shape index (κ2) is 4.48. The van der Waals surface area contributed by atoms with Crippen molar-refractivity contribution >= 4 is 21.9 Å². The Kier molecular flexibility index (Phi) is 3.42. The van der Waals surface area contributed by atoms with Crippen molar-refractivity contribution in [2.75, 3.05) is 32.2 Å². The SMILES string of the molecule is COC(=O)c1cc(N2CC(OC)C2)cc(S(F)(F)(F)(F)F)c1. The third-order valence-electron chi connectivity index (χ3n) is 3.30. The van der Waals surface area contributed by atoms with Crippen LogP contribution >= 0.6 is 10.2 Å². The molecule has 0 N–H and O–H groups in total. The van der Waals surface area contributed by atoms with Crippen molar-refractivity contribution < 1.29 is 33.7 Å². The molecule has 0 aliphatic carbocycles. The Labute approximate surface area is 123 Å². The van der Waals surface area contributed by atoms with Crippen LogP contribution in [0.4, 0.5) is 25.1 Å². The highest BCUT2D eigenvalue weighted by Crippen LogP contribution is 3.02. The quantitative estimate of drug-likeness (QED) is 0.610. The summed E-state index contributed by atoms with van der Waals surface area (Å²) in [5, 5.41) is 0. The molecule has 0 atom stereocenters. The number of esters is 1. The summed E-state index contributed by atoms with van der Waals surface area (Å²) < 4.78 is 74.3. The standard InChI is InChI=1S/C12H14F5NO3S/c1-20-10-6-18(7-10)9-3-8(12(19)21-2)4-11(5-9)22(13,14,15,16)17/h3-5,10H,6-7H2,1-2H3. The van der Waals surface area contributed by atoms with Crippen LogP contribution in [0.15, 0.2) is 23.1 Å². The summed E-state index contributed by atoms with van der Waals surface area (Å²) in [6.07, 6.45) is -0.190. The zero-order valence-electron chi connectivity index (χ0n) is 11.7. The van der Waals surface area contributed by atoms with Crippen molar-refractivity contribution in [1.29, 1.82) is 0 Å². The molecule has 126 valence electrons. The number of halogens is 5. The van der Waals surface area contributed by atoms with Crippen molar-refractivity contribution in [1.82, 2.24) is 0 Å². The van der Waals surface area contributed by atoms with Crippen LogP contribution in [0.5, 0.6) is 0 Å². The lowest BCUT2D eigenvalue weighted by Crippen LogP contribution is -2.52. The summed E-state index contributed by atoms with van der Waals surface area (Å²) in [5.41, 5.74) is -0.705. The normalized spacial score (nSPS) is 19.1. The number of methoxy groups -OCH3 is 2. The number of carbonyl (C=O) groups is 1. The Balaban J connectivity index is 2.50. The number of hydrogen-bond acceptors (Lipinski definition) is 4. The first-order valence-corrected chi connectivity index (χ1v) is 8.04. The fourth-order valence-corrected chi connectivity index (χ4v) is 2.72. The highest BCUT2D eigenvalue weighted by Gasteiger charge is 2.65. The van der Waals surface area contributed by atoms with Gasteiger partial charge in [0.25, 0.3) is 0 Å². The van der Waals surface area contributed by atoms with Gasteiger partial charge in [0, 0.05) is 25.9 Å². The Morgan fingerprint density at radius 2 is 1.73 bits per heavy atom. The lowest BCUT2D eigenvalue weighted by atomic mass is 10.1. The zero-order valence-corrected chi connectivity index (χ0v) is 12.5. The number of hydrogen-bond donors (Lipinski definition) is 0. The smallest absolute Gasteiger partial charge is 0.337 e. The molecule has 1 heterocycles. The van der Waals surface area contributed by atoms with Gasteiger partial charge in [0.05, 0.1) is 18.8 Å². The van der Waals surface area contributed by atoms with E-state index in [1.807, 2.05) is 0 Å². The summed E-state index contributed by atoms with van der Waals surface area (Å²) in [6.45, 7) is 0.502. The highest BCUT2D eigenvalue weighted by atomic mass is 32.5. The maximum atomic E-state index is 13.0. The summed E-state index contributed by atoms with van der Waals surface area (Å²) >= 11 is 0. The lowest BCUT2D eigenvalue weighted by molar-refractivity contribution is 0.0600. The molecule has 0 aromatic heterocycles. The Hall–Kier alpha value is -1.55. The molecular weight excluding hydrogens is 333 g/mol. The van der Waals surface area contributed by atoms with Gasteiger partial charge in [-0.15, -0.1) is 0 Å². The molecule has 10 heteroatoms. The van der Waals surface area contributed by atoms with Gasteiger partial charge in [-0.05, 0) is 18.2 Å². The van der Waals surface area contributed by atoms with Crippen molar-refractivity contribution in [3.8, 4) is 0 Å². The number of anilines is 1. The molecule has 0 bridgehead atoms. The van der Waals surface area contributed by atoms with Gasteiger partial charge in [-0.25, -0.2) is 4.79 Å². The van der Waals surface area contributed by atoms with Crippen LogP contribution in [-0.2, 0) is 9.47 Å². The molecule has 1 fully saturated rings. The van der Waals surface area contributed by atoms with E-state index in [9.17, 15) is 24.2 Å². The first-order chi connectivity index (χ1) is 9.83. The number of carbonyl (C=O) groups excluding carboxylic acids is 1. The summed E-state index contributed by atoms with van der Waals surface area (Å²) in [5.74, 6) is -1.12. The molecule has 1 aromatic rings. The molecular formula is C12H14F5NO3S. The third kappa shape index (κ3) is 3.43. The summed E-state index contributed by atoms with van der Waals surface area (Å²) in [6, 6.07) is 1.55. The van der Waals surface area contributed by atoms with E-state index in [0.29, 0.717) is 6.07 Å². The van der Waals surface area contributed by atoms with Crippen LogP contribution in [-0.4, -0.2) is 39.4 Å². The van der Waals surface area contributed by atoms with E-state index in [-0.39, 0.29) is 30.9 Å². The van der Waals surface area contributed by atoms with Crippen molar-refractivity contribution in [2.45, 2.75) is 11.0 Å². The average molecular weight is 347 g/mol. The molecule has 0 amide bonds. The predicted molar refractivity (Wildman–Crippen MR) is 72.2 cm³/mol. The molecule has 1 saturated heterocycles. The van der Waals surface area contributed by atoms with Crippen LogP contribution in [0.1, 0.15) is 10.4 Å². The number of rotatable bonds is 4. The largest absolute Gasteiger partial charge is 0.465 e. The van der Waals surface area contributed by atoms with E-state index in [4.69, 9.17) is 4.74 Å². The van der Waals surface area contributed by atoms with Gasteiger partial charge in [-0.1, -0.05) is 19.4 Å². The van der Waals surface area contributed by atoms with E-state index < -0.39 is 26.7 Å². The molecule has 0 saturated carbocycles. The van der Waals surface area contributed by atoms with Gasteiger partial charge in [-0.3, -0.25) is 0 Å². The molecule has 1 aromatic carbocycles. The maximum absolute atomic E-state index is 13.0. The first-order valence-electron chi connectivity index (χ1n) is 6.09. The second-order valence-electron chi connectivity index (χ2n) is 4.94. The third-order valence-corrected chi connectivity index (χ3v) is 4.43. The zero-order chi connectivity index (χ0) is 16.8. The molecule has 0 unspecified atom stereocenters. The molecule has 0 spiro atoms. The van der Waals surface area contributed by atoms with E-state index in [1.54, 1.807) is 0 Å². The van der Waals surface area contributed by atoms with E-state index in [0.717, 1.165) is 13.2 Å². The van der Waals surface area contributed by atoms with Crippen molar-refractivity contribution in [3.63, 3.8) is 0 Å². The Bertz CT molecular complexity index is 613. The van der Waals surface area contributed by atoms with Gasteiger partial charge in [0.1, 0.15) is 4.90 Å². The molecule has 1 aliphatic heterocycles. The summed E-state index contributed by atoms with van der Waals surface area (Å²) in [4.78, 5) is 10.7. The molecule has 1 aliphatic rings. The second-order valence-corrected chi connectivity index (χ2v) is 7.35. The van der Waals surface area contributed by atoms with Gasteiger partial charge < -0.3 is 14.4 Å². The van der Waals surface area contributed by atoms with Crippen molar-refractivity contribution in [3.05, 3.63) is 23.8 Å². The average Bonchev–Trinajstić information content (AvgIpc) is 2.33. The predicted octanol–water partition coefficient (Wildman–Crippen LogP) is 3.97. The van der Waals surface area contributed by atoms with Crippen molar-refractivity contribution in [2.24, 2.45) is 0 Å². The summed E-state index contributed by atoms with van der Waals surface area (Å²) in [7, 11) is -7.50. The minimum atomic E-state index is -9.90. The van der Waals surface area contributed by atoms with Gasteiger partial charge in [-0.2, -0.15) is 0 Å². The van der Waals surface area contributed by atoms with Crippen LogP contribution in [0.3, 0.4) is 0 Å². The van der Waals surface area contributed by atoms with E-state index in [2.05, 4.69) is 4.74 Å². The van der Waals surface area contributed by atoms with E-state index >= 15 is 0 Å². The molecule has 0 radical (unpaired) electrons. The lowest BCUT2D eigenvalue weighted by Gasteiger charge is -2.43. The molecule has 2 rings (SSSR count). The Morgan fingerprint density at radius 3 is 2.18 bits per heavy atom. The molecule has 4 nitrogen and oxygen atoms in total. The fourth-order valence-electron chi connectivity index (χ4n) is 2.02. The van der Waals surface area contributed by atoms with Crippen LogP contribution < -0.4 is 4.90 Å². The minimum absolute atomic E-state index is 0.116. The monoisotopic (exact) mass is 347 g/mol. The minimum Gasteiger partial charge on any atom is -0.465 e. The van der Waals surface area contributed by atoms with Crippen LogP contribution in [0.25, 0.3) is 0 Å². The maximum Gasteiger partial charge on any atom is 0.337 e. The number of benzene rings is 1.